The number of benzene rings is 2. The van der Waals surface area contributed by atoms with E-state index in [0.717, 1.165) is 21.3 Å². The van der Waals surface area contributed by atoms with Gasteiger partial charge in [-0.25, -0.2) is 4.79 Å². The van der Waals surface area contributed by atoms with E-state index in [9.17, 15) is 9.90 Å². The zero-order valence-electron chi connectivity index (χ0n) is 12.1. The van der Waals surface area contributed by atoms with E-state index in [2.05, 4.69) is 21.2 Å². The fraction of sp³-hybridized carbons (Fsp3) is 0.235. The van der Waals surface area contributed by atoms with Gasteiger partial charge in [0, 0.05) is 10.2 Å². The van der Waals surface area contributed by atoms with Crippen molar-refractivity contribution in [3.05, 3.63) is 64.1 Å². The molecule has 0 radical (unpaired) electrons. The summed E-state index contributed by atoms with van der Waals surface area (Å²) in [4.78, 5) is 12.0. The molecule has 0 aliphatic rings. The van der Waals surface area contributed by atoms with E-state index in [1.807, 2.05) is 62.4 Å². The summed E-state index contributed by atoms with van der Waals surface area (Å²) in [6.45, 7) is 3.86. The lowest BCUT2D eigenvalue weighted by Crippen LogP contribution is -2.43. The molecule has 2 aromatic carbocycles. The lowest BCUT2D eigenvalue weighted by Gasteiger charge is -2.31. The maximum atomic E-state index is 12.0. The number of hydrogen-bond acceptors (Lipinski definition) is 2. The van der Waals surface area contributed by atoms with Crippen LogP contribution in [0.1, 0.15) is 24.5 Å². The van der Waals surface area contributed by atoms with Gasteiger partial charge in [0.2, 0.25) is 0 Å². The van der Waals surface area contributed by atoms with Crippen molar-refractivity contribution in [2.45, 2.75) is 25.8 Å². The van der Waals surface area contributed by atoms with Crippen LogP contribution in [0.15, 0.2) is 53.0 Å². The Hall–Kier alpha value is -1.81. The van der Waals surface area contributed by atoms with Gasteiger partial charge >= 0.3 is 5.97 Å². The summed E-state index contributed by atoms with van der Waals surface area (Å²) in [6.07, 6.45) is 0.437. The molecule has 0 amide bonds. The van der Waals surface area contributed by atoms with E-state index in [-0.39, 0.29) is 0 Å². The third kappa shape index (κ3) is 3.27. The topological polar surface area (TPSA) is 49.3 Å². The first kappa shape index (κ1) is 15.6. The van der Waals surface area contributed by atoms with Crippen molar-refractivity contribution < 1.29 is 9.90 Å². The lowest BCUT2D eigenvalue weighted by molar-refractivity contribution is -0.142. The minimum absolute atomic E-state index is 0.437. The Morgan fingerprint density at radius 3 is 2.52 bits per heavy atom. The van der Waals surface area contributed by atoms with Crippen molar-refractivity contribution in [3.63, 3.8) is 0 Å². The number of halogens is 1. The Morgan fingerprint density at radius 2 is 1.95 bits per heavy atom. The quantitative estimate of drug-likeness (QED) is 0.833. The predicted molar refractivity (Wildman–Crippen MR) is 88.5 cm³/mol. The van der Waals surface area contributed by atoms with Crippen LogP contribution in [0.2, 0.25) is 0 Å². The molecule has 4 heteroatoms. The first-order valence-corrected chi connectivity index (χ1v) is 7.61. The molecular formula is C17H18BrNO2. The van der Waals surface area contributed by atoms with Crippen molar-refractivity contribution in [1.29, 1.82) is 0 Å². The van der Waals surface area contributed by atoms with E-state index in [4.69, 9.17) is 0 Å². The number of aliphatic carboxylic acids is 1. The molecule has 3 nitrogen and oxygen atoms in total. The molecule has 0 aromatic heterocycles. The molecule has 0 saturated carbocycles. The van der Waals surface area contributed by atoms with Gasteiger partial charge in [0.15, 0.2) is 5.54 Å². The van der Waals surface area contributed by atoms with E-state index in [0.29, 0.717) is 6.42 Å². The molecular weight excluding hydrogens is 330 g/mol. The van der Waals surface area contributed by atoms with Crippen molar-refractivity contribution >= 4 is 27.6 Å². The summed E-state index contributed by atoms with van der Waals surface area (Å²) in [5, 5.41) is 13.0. The van der Waals surface area contributed by atoms with E-state index in [1.54, 1.807) is 0 Å². The molecule has 1 unspecified atom stereocenters. The summed E-state index contributed by atoms with van der Waals surface area (Å²) in [6, 6.07) is 15.2. The van der Waals surface area contributed by atoms with Crippen LogP contribution in [0.3, 0.4) is 0 Å². The van der Waals surface area contributed by atoms with E-state index >= 15 is 0 Å². The molecule has 0 bridgehead atoms. The fourth-order valence-corrected chi connectivity index (χ4v) is 2.82. The van der Waals surface area contributed by atoms with Gasteiger partial charge in [-0.15, -0.1) is 0 Å². The molecule has 0 saturated heterocycles. The van der Waals surface area contributed by atoms with Crippen LogP contribution >= 0.6 is 15.9 Å². The Balaban J connectivity index is 2.49. The van der Waals surface area contributed by atoms with Gasteiger partial charge in [-0.2, -0.15) is 0 Å². The summed E-state index contributed by atoms with van der Waals surface area (Å²) in [7, 11) is 0. The van der Waals surface area contributed by atoms with Crippen LogP contribution in [-0.2, 0) is 10.3 Å². The van der Waals surface area contributed by atoms with Crippen molar-refractivity contribution in [2.24, 2.45) is 0 Å². The lowest BCUT2D eigenvalue weighted by atomic mass is 9.87. The minimum Gasteiger partial charge on any atom is -0.479 e. The van der Waals surface area contributed by atoms with Gasteiger partial charge in [-0.05, 0) is 48.7 Å². The molecule has 2 N–H and O–H groups in total. The van der Waals surface area contributed by atoms with Crippen LogP contribution in [0.25, 0.3) is 0 Å². The second kappa shape index (κ2) is 6.31. The van der Waals surface area contributed by atoms with Crippen LogP contribution in [-0.4, -0.2) is 11.1 Å². The van der Waals surface area contributed by atoms with Gasteiger partial charge in [0.05, 0.1) is 0 Å². The summed E-state index contributed by atoms with van der Waals surface area (Å²) in [5.41, 5.74) is 1.48. The Labute approximate surface area is 133 Å². The summed E-state index contributed by atoms with van der Waals surface area (Å²) < 4.78 is 0.866. The second-order valence-electron chi connectivity index (χ2n) is 5.07. The zero-order valence-corrected chi connectivity index (χ0v) is 13.6. The number of rotatable bonds is 5. The van der Waals surface area contributed by atoms with Crippen LogP contribution < -0.4 is 5.32 Å². The van der Waals surface area contributed by atoms with Crippen molar-refractivity contribution in [2.75, 3.05) is 5.32 Å². The van der Waals surface area contributed by atoms with Crippen LogP contribution in [0.4, 0.5) is 5.69 Å². The third-order valence-corrected chi connectivity index (χ3v) is 4.08. The second-order valence-corrected chi connectivity index (χ2v) is 5.98. The molecule has 0 aliphatic carbocycles. The average Bonchev–Trinajstić information content (AvgIpc) is 2.44. The maximum Gasteiger partial charge on any atom is 0.334 e. The van der Waals surface area contributed by atoms with Crippen molar-refractivity contribution in [3.8, 4) is 0 Å². The first-order valence-electron chi connectivity index (χ1n) is 6.82. The average molecular weight is 348 g/mol. The van der Waals surface area contributed by atoms with Gasteiger partial charge in [-0.3, -0.25) is 0 Å². The molecule has 110 valence electrons. The maximum absolute atomic E-state index is 12.0. The smallest absolute Gasteiger partial charge is 0.334 e. The predicted octanol–water partition coefficient (Wildman–Crippen LogP) is 4.56. The zero-order chi connectivity index (χ0) is 15.5. The molecule has 1 atom stereocenters. The van der Waals surface area contributed by atoms with Gasteiger partial charge < -0.3 is 10.4 Å². The Bertz CT molecular complexity index is 657. The van der Waals surface area contributed by atoms with Gasteiger partial charge in [-0.1, -0.05) is 47.1 Å². The number of anilines is 1. The van der Waals surface area contributed by atoms with E-state index in [1.165, 1.54) is 0 Å². The Morgan fingerprint density at radius 1 is 1.24 bits per heavy atom. The number of carboxylic acids is 1. The van der Waals surface area contributed by atoms with Crippen LogP contribution in [0.5, 0.6) is 0 Å². The third-order valence-electron chi connectivity index (χ3n) is 3.59. The standard InChI is InChI=1S/C17H18BrNO2/c1-3-17(16(20)21,13-7-5-8-14(18)11-13)19-15-9-4-6-12(2)10-15/h4-11,19H,3H2,1-2H3,(H,20,21). The van der Waals surface area contributed by atoms with E-state index < -0.39 is 11.5 Å². The number of hydrogen-bond donors (Lipinski definition) is 2. The number of carbonyl (C=O) groups is 1. The van der Waals surface area contributed by atoms with Crippen LogP contribution in [0, 0.1) is 6.92 Å². The monoisotopic (exact) mass is 347 g/mol. The van der Waals surface area contributed by atoms with Gasteiger partial charge in [0.1, 0.15) is 0 Å². The highest BCUT2D eigenvalue weighted by Crippen LogP contribution is 2.32. The van der Waals surface area contributed by atoms with Crippen molar-refractivity contribution in [1.82, 2.24) is 0 Å². The number of aryl methyl sites for hydroxylation is 1. The molecule has 21 heavy (non-hydrogen) atoms. The molecule has 0 spiro atoms. The highest BCUT2D eigenvalue weighted by Gasteiger charge is 2.38. The van der Waals surface area contributed by atoms with Gasteiger partial charge in [0.25, 0.3) is 0 Å². The molecule has 0 fully saturated rings. The number of carboxylic acid groups (broad SMARTS) is 1. The minimum atomic E-state index is -1.14. The number of nitrogens with one attached hydrogen (secondary N) is 1. The normalized spacial score (nSPS) is 13.5. The molecule has 2 aromatic rings. The molecule has 2 rings (SSSR count). The molecule has 0 aliphatic heterocycles. The summed E-state index contributed by atoms with van der Waals surface area (Å²) >= 11 is 3.41. The largest absolute Gasteiger partial charge is 0.479 e. The fourth-order valence-electron chi connectivity index (χ4n) is 2.42. The SMILES string of the molecule is CCC(Nc1cccc(C)c1)(C(=O)O)c1cccc(Br)c1. The summed E-state index contributed by atoms with van der Waals surface area (Å²) in [5.74, 6) is -0.885. The Kier molecular flexibility index (Phi) is 4.68. The highest BCUT2D eigenvalue weighted by atomic mass is 79.9. The first-order chi connectivity index (χ1) is 9.98. The highest BCUT2D eigenvalue weighted by molar-refractivity contribution is 9.10. The molecule has 0 heterocycles.